The number of carbonyl (C=O) groups is 2. The molecule has 1 amide bonds. The fraction of sp³-hybridized carbons (Fsp3) is 0.529. The molecule has 0 saturated carbocycles. The predicted molar refractivity (Wildman–Crippen MR) is 81.1 cm³/mol. The van der Waals surface area contributed by atoms with Crippen LogP contribution in [0.4, 0.5) is 0 Å². The zero-order valence-corrected chi connectivity index (χ0v) is 12.5. The normalized spacial score (nSPS) is 15.1. The monoisotopic (exact) mass is 289 g/mol. The largest absolute Gasteiger partial charge is 0.481 e. The highest BCUT2D eigenvalue weighted by atomic mass is 16.4. The van der Waals surface area contributed by atoms with E-state index in [9.17, 15) is 9.59 Å². The van der Waals surface area contributed by atoms with E-state index in [1.807, 2.05) is 6.92 Å². The molecule has 0 aromatic heterocycles. The number of aryl methyl sites for hydroxylation is 2. The number of carbonyl (C=O) groups excluding carboxylic acids is 1. The molecule has 0 radical (unpaired) electrons. The van der Waals surface area contributed by atoms with Crippen LogP contribution in [0.1, 0.15) is 61.8 Å². The van der Waals surface area contributed by atoms with Gasteiger partial charge in [-0.25, -0.2) is 0 Å². The molecule has 114 valence electrons. The number of benzene rings is 1. The maximum absolute atomic E-state index is 11.8. The van der Waals surface area contributed by atoms with Gasteiger partial charge >= 0.3 is 5.97 Å². The highest BCUT2D eigenvalue weighted by molar-refractivity contribution is 5.77. The molecule has 0 bridgehead atoms. The predicted octanol–water partition coefficient (Wildman–Crippen LogP) is 3.00. The number of amides is 1. The van der Waals surface area contributed by atoms with Crippen molar-refractivity contribution < 1.29 is 14.7 Å². The van der Waals surface area contributed by atoms with E-state index >= 15 is 0 Å². The Morgan fingerprint density at radius 3 is 2.62 bits per heavy atom. The minimum atomic E-state index is -0.856. The maximum Gasteiger partial charge on any atom is 0.303 e. The van der Waals surface area contributed by atoms with Gasteiger partial charge in [0.1, 0.15) is 0 Å². The van der Waals surface area contributed by atoms with Crippen LogP contribution in [-0.4, -0.2) is 17.0 Å². The summed E-state index contributed by atoms with van der Waals surface area (Å²) in [6.07, 6.45) is 5.49. The van der Waals surface area contributed by atoms with Crippen LogP contribution in [0, 0.1) is 0 Å². The van der Waals surface area contributed by atoms with Crippen LogP contribution in [0.25, 0.3) is 0 Å². The first-order valence-corrected chi connectivity index (χ1v) is 7.69. The molecule has 4 heteroatoms. The van der Waals surface area contributed by atoms with Gasteiger partial charge < -0.3 is 10.4 Å². The SMILES string of the molecule is CC(NC(=O)CCCC(=O)O)c1ccc2c(c1)CCCC2. The number of carboxylic acid groups (broad SMARTS) is 1. The van der Waals surface area contributed by atoms with Gasteiger partial charge in [-0.2, -0.15) is 0 Å². The van der Waals surface area contributed by atoms with Crippen molar-refractivity contribution in [3.05, 3.63) is 34.9 Å². The van der Waals surface area contributed by atoms with Crippen LogP contribution in [-0.2, 0) is 22.4 Å². The fourth-order valence-corrected chi connectivity index (χ4v) is 2.82. The molecule has 1 aliphatic rings. The van der Waals surface area contributed by atoms with Gasteiger partial charge in [0.15, 0.2) is 0 Å². The van der Waals surface area contributed by atoms with E-state index in [1.54, 1.807) is 0 Å². The third-order valence-electron chi connectivity index (χ3n) is 4.04. The van der Waals surface area contributed by atoms with E-state index in [4.69, 9.17) is 5.11 Å². The summed E-state index contributed by atoms with van der Waals surface area (Å²) in [5.74, 6) is -0.938. The first-order chi connectivity index (χ1) is 10.1. The minimum Gasteiger partial charge on any atom is -0.481 e. The average molecular weight is 289 g/mol. The van der Waals surface area contributed by atoms with Crippen molar-refractivity contribution in [2.45, 2.75) is 57.9 Å². The van der Waals surface area contributed by atoms with E-state index < -0.39 is 5.97 Å². The summed E-state index contributed by atoms with van der Waals surface area (Å²) in [4.78, 5) is 22.2. The number of nitrogens with one attached hydrogen (secondary N) is 1. The highest BCUT2D eigenvalue weighted by Crippen LogP contribution is 2.24. The van der Waals surface area contributed by atoms with Crippen LogP contribution in [0.15, 0.2) is 18.2 Å². The molecule has 21 heavy (non-hydrogen) atoms. The number of hydrogen-bond acceptors (Lipinski definition) is 2. The highest BCUT2D eigenvalue weighted by Gasteiger charge is 2.14. The van der Waals surface area contributed by atoms with Crippen molar-refractivity contribution in [1.82, 2.24) is 5.32 Å². The van der Waals surface area contributed by atoms with Crippen LogP contribution < -0.4 is 5.32 Å². The number of carboxylic acids is 1. The molecule has 1 unspecified atom stereocenters. The van der Waals surface area contributed by atoms with Crippen molar-refractivity contribution in [2.75, 3.05) is 0 Å². The molecule has 1 aromatic rings. The molecule has 0 heterocycles. The zero-order chi connectivity index (χ0) is 15.2. The van der Waals surface area contributed by atoms with Crippen LogP contribution in [0.2, 0.25) is 0 Å². The van der Waals surface area contributed by atoms with Gasteiger partial charge in [0.05, 0.1) is 6.04 Å². The topological polar surface area (TPSA) is 66.4 Å². The number of aliphatic carboxylic acids is 1. The Morgan fingerprint density at radius 1 is 1.19 bits per heavy atom. The lowest BCUT2D eigenvalue weighted by molar-refractivity contribution is -0.137. The lowest BCUT2D eigenvalue weighted by atomic mass is 9.89. The van der Waals surface area contributed by atoms with Crippen molar-refractivity contribution in [1.29, 1.82) is 0 Å². The Hall–Kier alpha value is -1.84. The van der Waals surface area contributed by atoms with Crippen LogP contribution in [0.5, 0.6) is 0 Å². The van der Waals surface area contributed by atoms with Gasteiger partial charge in [0, 0.05) is 12.8 Å². The van der Waals surface area contributed by atoms with Gasteiger partial charge in [-0.15, -0.1) is 0 Å². The number of fused-ring (bicyclic) bond motifs is 1. The summed E-state index contributed by atoms with van der Waals surface area (Å²) in [5, 5.41) is 11.5. The Balaban J connectivity index is 1.89. The Kier molecular flexibility index (Phi) is 5.37. The fourth-order valence-electron chi connectivity index (χ4n) is 2.82. The Labute approximate surface area is 125 Å². The Bertz CT molecular complexity index is 525. The van der Waals surface area contributed by atoms with Gasteiger partial charge in [0.2, 0.25) is 5.91 Å². The van der Waals surface area contributed by atoms with Crippen molar-refractivity contribution in [3.63, 3.8) is 0 Å². The van der Waals surface area contributed by atoms with Crippen molar-refractivity contribution in [3.8, 4) is 0 Å². The molecule has 1 aromatic carbocycles. The summed E-state index contributed by atoms with van der Waals surface area (Å²) in [6.45, 7) is 1.97. The molecule has 0 spiro atoms. The molecule has 4 nitrogen and oxygen atoms in total. The molecule has 1 atom stereocenters. The van der Waals surface area contributed by atoms with E-state index in [2.05, 4.69) is 23.5 Å². The average Bonchev–Trinajstić information content (AvgIpc) is 2.46. The van der Waals surface area contributed by atoms with E-state index in [0.717, 1.165) is 18.4 Å². The third kappa shape index (κ3) is 4.59. The smallest absolute Gasteiger partial charge is 0.303 e. The molecule has 2 rings (SSSR count). The molecule has 0 saturated heterocycles. The van der Waals surface area contributed by atoms with Gasteiger partial charge in [-0.05, 0) is 55.7 Å². The van der Waals surface area contributed by atoms with E-state index in [1.165, 1.54) is 24.0 Å². The summed E-state index contributed by atoms with van der Waals surface area (Å²) in [5.41, 5.74) is 3.97. The van der Waals surface area contributed by atoms with Crippen molar-refractivity contribution in [2.24, 2.45) is 0 Å². The first kappa shape index (κ1) is 15.5. The second kappa shape index (κ2) is 7.25. The van der Waals surface area contributed by atoms with Crippen LogP contribution >= 0.6 is 0 Å². The molecule has 0 fully saturated rings. The van der Waals surface area contributed by atoms with Gasteiger partial charge in [0.25, 0.3) is 0 Å². The van der Waals surface area contributed by atoms with Gasteiger partial charge in [-0.3, -0.25) is 9.59 Å². The van der Waals surface area contributed by atoms with Gasteiger partial charge in [-0.1, -0.05) is 18.2 Å². The maximum atomic E-state index is 11.8. The van der Waals surface area contributed by atoms with Crippen molar-refractivity contribution >= 4 is 11.9 Å². The molecule has 2 N–H and O–H groups in total. The third-order valence-corrected chi connectivity index (χ3v) is 4.04. The standard InChI is InChI=1S/C17H23NO3/c1-12(18-16(19)7-4-8-17(20)21)14-10-9-13-5-2-3-6-15(13)11-14/h9-12H,2-8H2,1H3,(H,18,19)(H,20,21). The second-order valence-corrected chi connectivity index (χ2v) is 5.77. The Morgan fingerprint density at radius 2 is 1.90 bits per heavy atom. The summed E-state index contributed by atoms with van der Waals surface area (Å²) in [7, 11) is 0. The zero-order valence-electron chi connectivity index (χ0n) is 12.5. The summed E-state index contributed by atoms with van der Waals surface area (Å²) >= 11 is 0. The quantitative estimate of drug-likeness (QED) is 0.846. The minimum absolute atomic E-state index is 0.0328. The molecule has 1 aliphatic carbocycles. The lowest BCUT2D eigenvalue weighted by Gasteiger charge is -2.20. The first-order valence-electron chi connectivity index (χ1n) is 7.69. The second-order valence-electron chi connectivity index (χ2n) is 5.77. The van der Waals surface area contributed by atoms with E-state index in [0.29, 0.717) is 6.42 Å². The summed E-state index contributed by atoms with van der Waals surface area (Å²) in [6, 6.07) is 6.44. The lowest BCUT2D eigenvalue weighted by Crippen LogP contribution is -2.26. The summed E-state index contributed by atoms with van der Waals surface area (Å²) < 4.78 is 0. The molecular weight excluding hydrogens is 266 g/mol. The van der Waals surface area contributed by atoms with E-state index in [-0.39, 0.29) is 24.8 Å². The van der Waals surface area contributed by atoms with Crippen LogP contribution in [0.3, 0.4) is 0 Å². The number of rotatable bonds is 6. The molecule has 0 aliphatic heterocycles. The number of hydrogen-bond donors (Lipinski definition) is 2. The molecular formula is C17H23NO3.